The van der Waals surface area contributed by atoms with E-state index in [1.165, 1.54) is 23.0 Å². The lowest BCUT2D eigenvalue weighted by Gasteiger charge is -2.14. The van der Waals surface area contributed by atoms with E-state index < -0.39 is 23.5 Å². The number of alkyl halides is 6. The Labute approximate surface area is 148 Å². The third-order valence-corrected chi connectivity index (χ3v) is 4.23. The summed E-state index contributed by atoms with van der Waals surface area (Å²) in [4.78, 5) is 8.29. The molecular weight excluding hydrogens is 374 g/mol. The lowest BCUT2D eigenvalue weighted by Crippen LogP contribution is -2.11. The first-order valence-corrected chi connectivity index (χ1v) is 8.01. The molecule has 0 amide bonds. The topological polar surface area (TPSA) is 42.2 Å². The second-order valence-electron chi connectivity index (χ2n) is 6.33. The number of aromatic nitrogens is 3. The Morgan fingerprint density at radius 2 is 1.56 bits per heavy atom. The monoisotopic (exact) mass is 386 g/mol. The second kappa shape index (κ2) is 5.86. The van der Waals surface area contributed by atoms with Crippen LogP contribution < -0.4 is 5.32 Å². The molecule has 4 nitrogen and oxygen atoms in total. The van der Waals surface area contributed by atoms with Gasteiger partial charge in [0.2, 0.25) is 0 Å². The van der Waals surface area contributed by atoms with E-state index in [0.717, 1.165) is 12.8 Å². The van der Waals surface area contributed by atoms with Crippen LogP contribution in [0.25, 0.3) is 16.9 Å². The minimum Gasteiger partial charge on any atom is -0.364 e. The molecule has 0 saturated heterocycles. The van der Waals surface area contributed by atoms with Gasteiger partial charge in [0.05, 0.1) is 23.0 Å². The third kappa shape index (κ3) is 3.43. The lowest BCUT2D eigenvalue weighted by molar-refractivity contribution is -0.143. The summed E-state index contributed by atoms with van der Waals surface area (Å²) in [7, 11) is 0. The molecule has 1 N–H and O–H groups in total. The molecule has 1 aromatic carbocycles. The largest absolute Gasteiger partial charge is 0.416 e. The molecule has 142 valence electrons. The second-order valence-corrected chi connectivity index (χ2v) is 6.33. The summed E-state index contributed by atoms with van der Waals surface area (Å²) in [6.07, 6.45) is -3.76. The average Bonchev–Trinajstić information content (AvgIpc) is 3.28. The van der Waals surface area contributed by atoms with Crippen LogP contribution in [0.15, 0.2) is 36.8 Å². The summed E-state index contributed by atoms with van der Waals surface area (Å²) in [5, 5.41) is 3.14. The van der Waals surface area contributed by atoms with E-state index in [-0.39, 0.29) is 23.4 Å². The maximum Gasteiger partial charge on any atom is 0.416 e. The number of benzene rings is 1. The molecule has 0 atom stereocenters. The molecule has 4 rings (SSSR count). The third-order valence-electron chi connectivity index (χ3n) is 4.23. The highest BCUT2D eigenvalue weighted by molar-refractivity contribution is 5.71. The van der Waals surface area contributed by atoms with Crippen molar-refractivity contribution in [3.05, 3.63) is 47.9 Å². The number of rotatable bonds is 3. The van der Waals surface area contributed by atoms with Crippen molar-refractivity contribution >= 4 is 11.5 Å². The van der Waals surface area contributed by atoms with Gasteiger partial charge >= 0.3 is 12.4 Å². The SMILES string of the molecule is FC(F)(F)c1cc(-c2cnc3c(NC4CC4)nccn23)cc(C(F)(F)F)c1. The highest BCUT2D eigenvalue weighted by Gasteiger charge is 2.37. The smallest absolute Gasteiger partial charge is 0.364 e. The van der Waals surface area contributed by atoms with E-state index in [1.54, 1.807) is 0 Å². The Kier molecular flexibility index (Phi) is 3.83. The highest BCUT2D eigenvalue weighted by Crippen LogP contribution is 2.39. The van der Waals surface area contributed by atoms with Crippen LogP contribution >= 0.6 is 0 Å². The Hall–Kier alpha value is -2.78. The van der Waals surface area contributed by atoms with E-state index in [4.69, 9.17) is 0 Å². The van der Waals surface area contributed by atoms with Crippen molar-refractivity contribution in [1.29, 1.82) is 0 Å². The molecule has 2 heterocycles. The summed E-state index contributed by atoms with van der Waals surface area (Å²) in [5.74, 6) is 0.439. The highest BCUT2D eigenvalue weighted by atomic mass is 19.4. The predicted molar refractivity (Wildman–Crippen MR) is 85.1 cm³/mol. The Morgan fingerprint density at radius 3 is 2.11 bits per heavy atom. The van der Waals surface area contributed by atoms with Crippen LogP contribution in [0.2, 0.25) is 0 Å². The van der Waals surface area contributed by atoms with Crippen molar-refractivity contribution in [2.75, 3.05) is 5.32 Å². The number of halogens is 6. The van der Waals surface area contributed by atoms with Gasteiger partial charge in [-0.1, -0.05) is 0 Å². The van der Waals surface area contributed by atoms with Crippen LogP contribution in [0.1, 0.15) is 24.0 Å². The molecular formula is C17H12F6N4. The maximum absolute atomic E-state index is 13.1. The molecule has 1 aliphatic rings. The number of nitrogens with one attached hydrogen (secondary N) is 1. The summed E-state index contributed by atoms with van der Waals surface area (Å²) in [6, 6.07) is 1.74. The quantitative estimate of drug-likeness (QED) is 0.644. The van der Waals surface area contributed by atoms with Crippen LogP contribution in [0.5, 0.6) is 0 Å². The molecule has 1 saturated carbocycles. The first-order valence-electron chi connectivity index (χ1n) is 8.01. The van der Waals surface area contributed by atoms with Crippen molar-refractivity contribution in [2.45, 2.75) is 31.2 Å². The summed E-state index contributed by atoms with van der Waals surface area (Å²) >= 11 is 0. The summed E-state index contributed by atoms with van der Waals surface area (Å²) < 4.78 is 80.0. The number of anilines is 1. The van der Waals surface area contributed by atoms with E-state index in [9.17, 15) is 26.3 Å². The van der Waals surface area contributed by atoms with Gasteiger partial charge in [0.1, 0.15) is 0 Å². The van der Waals surface area contributed by atoms with Crippen LogP contribution in [-0.4, -0.2) is 20.4 Å². The van der Waals surface area contributed by atoms with Gasteiger partial charge in [-0.2, -0.15) is 26.3 Å². The molecule has 2 aromatic heterocycles. The van der Waals surface area contributed by atoms with Gasteiger partial charge in [0.15, 0.2) is 11.5 Å². The number of hydrogen-bond donors (Lipinski definition) is 1. The van der Waals surface area contributed by atoms with Gasteiger partial charge in [-0.15, -0.1) is 0 Å². The summed E-state index contributed by atoms with van der Waals surface area (Å²) in [6.45, 7) is 0. The molecule has 1 fully saturated rings. The van der Waals surface area contributed by atoms with Crippen LogP contribution in [0, 0.1) is 0 Å². The zero-order valence-corrected chi connectivity index (χ0v) is 13.6. The number of hydrogen-bond acceptors (Lipinski definition) is 3. The van der Waals surface area contributed by atoms with E-state index in [2.05, 4.69) is 15.3 Å². The molecule has 0 spiro atoms. The molecule has 27 heavy (non-hydrogen) atoms. The van der Waals surface area contributed by atoms with E-state index in [1.807, 2.05) is 0 Å². The van der Waals surface area contributed by atoms with Crippen molar-refractivity contribution < 1.29 is 26.3 Å². The fraction of sp³-hybridized carbons (Fsp3) is 0.294. The number of nitrogens with zero attached hydrogens (tertiary/aromatic N) is 3. The fourth-order valence-corrected chi connectivity index (χ4v) is 2.76. The van der Waals surface area contributed by atoms with Gasteiger partial charge in [-0.3, -0.25) is 4.40 Å². The molecule has 0 unspecified atom stereocenters. The Bertz CT molecular complexity index is 969. The zero-order valence-electron chi connectivity index (χ0n) is 13.6. The minimum atomic E-state index is -4.91. The van der Waals surface area contributed by atoms with Gasteiger partial charge in [0.25, 0.3) is 0 Å². The zero-order chi connectivity index (χ0) is 19.4. The van der Waals surface area contributed by atoms with Crippen LogP contribution in [0.4, 0.5) is 32.2 Å². The molecule has 0 radical (unpaired) electrons. The normalized spacial score (nSPS) is 15.3. The van der Waals surface area contributed by atoms with Crippen molar-refractivity contribution in [1.82, 2.24) is 14.4 Å². The van der Waals surface area contributed by atoms with E-state index in [0.29, 0.717) is 23.6 Å². The molecule has 0 bridgehead atoms. The Morgan fingerprint density at radius 1 is 0.926 bits per heavy atom. The molecule has 3 aromatic rings. The standard InChI is InChI=1S/C17H12F6N4/c18-16(19,20)10-5-9(6-11(7-10)17(21,22)23)13-8-25-15-14(26-12-1-2-12)24-3-4-27(13)15/h3-8,12H,1-2H2,(H,24,26). The van der Waals surface area contributed by atoms with Gasteiger partial charge in [0, 0.05) is 24.0 Å². The van der Waals surface area contributed by atoms with Crippen molar-refractivity contribution in [3.8, 4) is 11.3 Å². The predicted octanol–water partition coefficient (Wildman–Crippen LogP) is 5.01. The van der Waals surface area contributed by atoms with E-state index >= 15 is 0 Å². The first kappa shape index (κ1) is 17.6. The van der Waals surface area contributed by atoms with Crippen LogP contribution in [-0.2, 0) is 12.4 Å². The number of fused-ring (bicyclic) bond motifs is 1. The average molecular weight is 386 g/mol. The first-order chi connectivity index (χ1) is 12.6. The Balaban J connectivity index is 1.87. The van der Waals surface area contributed by atoms with Gasteiger partial charge in [-0.05, 0) is 31.0 Å². The fourth-order valence-electron chi connectivity index (χ4n) is 2.76. The van der Waals surface area contributed by atoms with Crippen molar-refractivity contribution in [2.24, 2.45) is 0 Å². The summed E-state index contributed by atoms with van der Waals surface area (Å²) in [5.41, 5.74) is -2.51. The van der Waals surface area contributed by atoms with Gasteiger partial charge < -0.3 is 5.32 Å². The van der Waals surface area contributed by atoms with Crippen LogP contribution in [0.3, 0.4) is 0 Å². The maximum atomic E-state index is 13.1. The van der Waals surface area contributed by atoms with Crippen molar-refractivity contribution in [3.63, 3.8) is 0 Å². The molecule has 1 aliphatic carbocycles. The van der Waals surface area contributed by atoms with Gasteiger partial charge in [-0.25, -0.2) is 9.97 Å². The molecule has 10 heteroatoms. The number of imidazole rings is 1. The molecule has 0 aliphatic heterocycles. The lowest BCUT2D eigenvalue weighted by atomic mass is 10.0. The minimum absolute atomic E-state index is 0.106.